The van der Waals surface area contributed by atoms with Crippen LogP contribution < -0.4 is 9.75 Å². The number of aliphatic imine (C=N–C) groups is 1. The van der Waals surface area contributed by atoms with Crippen LogP contribution in [-0.2, 0) is 14.4 Å². The molecule has 10 heteroatoms. The smallest absolute Gasteiger partial charge is 0.255 e. The van der Waals surface area contributed by atoms with E-state index in [1.54, 1.807) is 18.2 Å². The van der Waals surface area contributed by atoms with Crippen LogP contribution in [0.25, 0.3) is 5.57 Å². The molecule has 8 nitrogen and oxygen atoms in total. The number of hydrogen-bond donors (Lipinski definition) is 0. The van der Waals surface area contributed by atoms with E-state index in [0.717, 1.165) is 10.6 Å². The quantitative estimate of drug-likeness (QED) is 0.640. The van der Waals surface area contributed by atoms with Gasteiger partial charge in [0, 0.05) is 11.6 Å². The number of rotatable bonds is 3. The molecule has 2 heterocycles. The molecule has 0 radical (unpaired) electrons. The highest BCUT2D eigenvalue weighted by molar-refractivity contribution is 6.50. The largest absolute Gasteiger partial charge is 0.436 e. The van der Waals surface area contributed by atoms with E-state index in [1.807, 2.05) is 18.2 Å². The zero-order chi connectivity index (χ0) is 22.8. The average Bonchev–Trinajstić information content (AvgIpc) is 2.78. The van der Waals surface area contributed by atoms with Crippen molar-refractivity contribution in [2.75, 3.05) is 11.6 Å². The number of hydrazone groups is 1. The number of nitrogens with zero attached hydrogens (tertiary/aromatic N) is 4. The number of benzene rings is 2. The van der Waals surface area contributed by atoms with Gasteiger partial charge in [-0.15, -0.1) is 0 Å². The van der Waals surface area contributed by atoms with Crippen LogP contribution in [0.5, 0.6) is 5.75 Å². The molecule has 158 valence electrons. The Kier molecular flexibility index (Phi) is 5.86. The lowest BCUT2D eigenvalue weighted by Gasteiger charge is -2.22. The topological polar surface area (TPSA) is 112 Å². The van der Waals surface area contributed by atoms with Gasteiger partial charge < -0.3 is 4.74 Å². The fourth-order valence-electron chi connectivity index (χ4n) is 3.07. The van der Waals surface area contributed by atoms with Gasteiger partial charge in [0.25, 0.3) is 5.91 Å². The molecule has 0 unspecified atom stereocenters. The van der Waals surface area contributed by atoms with Gasteiger partial charge in [0.2, 0.25) is 17.4 Å². The first-order chi connectivity index (χ1) is 15.4. The minimum Gasteiger partial charge on any atom is -0.436 e. The van der Waals surface area contributed by atoms with Gasteiger partial charge in [-0.1, -0.05) is 53.5 Å². The summed E-state index contributed by atoms with van der Waals surface area (Å²) in [7, 11) is 0. The minimum absolute atomic E-state index is 0.0418. The Hall–Kier alpha value is -3.80. The highest BCUT2D eigenvalue weighted by Gasteiger charge is 2.30. The van der Waals surface area contributed by atoms with Gasteiger partial charge in [-0.2, -0.15) is 15.4 Å². The van der Waals surface area contributed by atoms with E-state index < -0.39 is 23.8 Å². The van der Waals surface area contributed by atoms with Crippen LogP contribution in [0.2, 0.25) is 10.0 Å². The molecule has 2 aliphatic rings. The van der Waals surface area contributed by atoms with E-state index >= 15 is 0 Å². The highest BCUT2D eigenvalue weighted by atomic mass is 35.5. The Morgan fingerprint density at radius 2 is 1.72 bits per heavy atom. The number of carbonyl (C=O) groups excluding carboxylic acids is 3. The number of carbonyl (C=O) groups is 3. The summed E-state index contributed by atoms with van der Waals surface area (Å²) in [6.07, 6.45) is 1.02. The molecule has 0 N–H and O–H groups in total. The SMILES string of the molecule is N#CC1=NN(c2cc(Cl)c(OC3=NCC(=O)C(c4ccccc4)=C3)c(Cl)c2)C(=O)CC1=O. The van der Waals surface area contributed by atoms with Crippen LogP contribution in [0.15, 0.2) is 58.6 Å². The fraction of sp³-hybridized carbons (Fsp3) is 0.0909. The lowest BCUT2D eigenvalue weighted by molar-refractivity contribution is -0.124. The van der Waals surface area contributed by atoms with Crippen molar-refractivity contribution in [3.63, 3.8) is 0 Å². The summed E-state index contributed by atoms with van der Waals surface area (Å²) in [4.78, 5) is 40.2. The van der Waals surface area contributed by atoms with Crippen molar-refractivity contribution >= 4 is 63.5 Å². The monoisotopic (exact) mass is 466 g/mol. The van der Waals surface area contributed by atoms with E-state index in [-0.39, 0.29) is 39.7 Å². The van der Waals surface area contributed by atoms with Crippen molar-refractivity contribution in [3.8, 4) is 11.8 Å². The first kappa shape index (κ1) is 21.4. The second-order valence-electron chi connectivity index (χ2n) is 6.71. The Bertz CT molecular complexity index is 1270. The summed E-state index contributed by atoms with van der Waals surface area (Å²) in [5.74, 6) is -1.22. The summed E-state index contributed by atoms with van der Waals surface area (Å²) in [5, 5.41) is 13.8. The molecular formula is C22H12Cl2N4O4. The predicted octanol–water partition coefficient (Wildman–Crippen LogP) is 3.62. The van der Waals surface area contributed by atoms with Gasteiger partial charge in [-0.3, -0.25) is 14.4 Å². The Labute approximate surface area is 192 Å². The molecule has 1 amide bonds. The molecule has 0 spiro atoms. The molecule has 2 aliphatic heterocycles. The van der Waals surface area contributed by atoms with Crippen molar-refractivity contribution in [1.82, 2.24) is 0 Å². The maximum Gasteiger partial charge on any atom is 0.255 e. The van der Waals surface area contributed by atoms with Crippen molar-refractivity contribution in [2.24, 2.45) is 10.1 Å². The highest BCUT2D eigenvalue weighted by Crippen LogP contribution is 2.38. The average molecular weight is 467 g/mol. The zero-order valence-electron chi connectivity index (χ0n) is 16.2. The normalized spacial score (nSPS) is 16.2. The summed E-state index contributed by atoms with van der Waals surface area (Å²) in [6.45, 7) is -0.0919. The predicted molar refractivity (Wildman–Crippen MR) is 119 cm³/mol. The van der Waals surface area contributed by atoms with Gasteiger partial charge in [-0.25, -0.2) is 4.99 Å². The Morgan fingerprint density at radius 3 is 2.38 bits per heavy atom. The first-order valence-electron chi connectivity index (χ1n) is 9.24. The molecule has 0 bridgehead atoms. The summed E-state index contributed by atoms with van der Waals surface area (Å²) >= 11 is 12.7. The van der Waals surface area contributed by atoms with E-state index in [0.29, 0.717) is 5.57 Å². The molecular weight excluding hydrogens is 455 g/mol. The van der Waals surface area contributed by atoms with Crippen molar-refractivity contribution < 1.29 is 19.1 Å². The van der Waals surface area contributed by atoms with Crippen molar-refractivity contribution in [3.05, 3.63) is 64.1 Å². The van der Waals surface area contributed by atoms with Crippen LogP contribution in [-0.4, -0.2) is 35.6 Å². The molecule has 2 aromatic rings. The van der Waals surface area contributed by atoms with E-state index in [2.05, 4.69) is 10.1 Å². The number of ketones is 2. The zero-order valence-corrected chi connectivity index (χ0v) is 17.7. The second-order valence-corrected chi connectivity index (χ2v) is 7.52. The third-order valence-corrected chi connectivity index (χ3v) is 5.15. The maximum atomic E-state index is 12.3. The first-order valence-corrected chi connectivity index (χ1v) is 9.99. The number of Topliss-reactive ketones (excluding diaryl/α,β-unsaturated/α-hetero) is 2. The van der Waals surface area contributed by atoms with Gasteiger partial charge in [0.05, 0.1) is 22.2 Å². The third kappa shape index (κ3) is 4.17. The Balaban J connectivity index is 1.64. The van der Waals surface area contributed by atoms with Gasteiger partial charge >= 0.3 is 0 Å². The molecule has 32 heavy (non-hydrogen) atoms. The number of halogens is 2. The van der Waals surface area contributed by atoms with Gasteiger partial charge in [0.15, 0.2) is 11.5 Å². The number of nitriles is 1. The number of hydrogen-bond acceptors (Lipinski definition) is 7. The second kappa shape index (κ2) is 8.75. The van der Waals surface area contributed by atoms with Crippen molar-refractivity contribution in [1.29, 1.82) is 5.26 Å². The standard InChI is InChI=1S/C22H12Cl2N4O4/c23-15-6-13(28-21(31)9-18(29)17(10-25)27-28)7-16(24)22(15)32-20-8-14(19(30)11-26-20)12-4-2-1-3-5-12/h1-8H,9,11H2. The Morgan fingerprint density at radius 1 is 1.03 bits per heavy atom. The number of anilines is 1. The van der Waals surface area contributed by atoms with Crippen LogP contribution in [0.1, 0.15) is 12.0 Å². The van der Waals surface area contributed by atoms with Crippen LogP contribution in [0.4, 0.5) is 5.69 Å². The summed E-state index contributed by atoms with van der Waals surface area (Å²) in [6, 6.07) is 13.5. The number of amides is 1. The van der Waals surface area contributed by atoms with E-state index in [4.69, 9.17) is 33.2 Å². The molecule has 0 aliphatic carbocycles. The molecule has 0 aromatic heterocycles. The van der Waals surface area contributed by atoms with E-state index in [9.17, 15) is 14.4 Å². The summed E-state index contributed by atoms with van der Waals surface area (Å²) in [5.41, 5.74) is 0.947. The molecule has 0 saturated heterocycles. The molecule has 0 fully saturated rings. The van der Waals surface area contributed by atoms with Crippen molar-refractivity contribution in [2.45, 2.75) is 6.42 Å². The van der Waals surface area contributed by atoms with Crippen LogP contribution >= 0.6 is 23.2 Å². The summed E-state index contributed by atoms with van der Waals surface area (Å²) < 4.78 is 5.76. The molecule has 2 aromatic carbocycles. The fourth-order valence-corrected chi connectivity index (χ4v) is 3.63. The molecule has 4 rings (SSSR count). The molecule has 0 atom stereocenters. The van der Waals surface area contributed by atoms with Crippen LogP contribution in [0.3, 0.4) is 0 Å². The van der Waals surface area contributed by atoms with E-state index in [1.165, 1.54) is 18.2 Å². The minimum atomic E-state index is -0.656. The van der Waals surface area contributed by atoms with Gasteiger partial charge in [0.1, 0.15) is 12.6 Å². The maximum absolute atomic E-state index is 12.3. The number of ether oxygens (including phenoxy) is 1. The third-order valence-electron chi connectivity index (χ3n) is 4.58. The lowest BCUT2D eigenvalue weighted by Crippen LogP contribution is -2.36. The lowest BCUT2D eigenvalue weighted by atomic mass is 10.00. The number of dihydropyridines is 1. The van der Waals surface area contributed by atoms with Gasteiger partial charge in [-0.05, 0) is 17.7 Å². The van der Waals surface area contributed by atoms with Crippen LogP contribution in [0, 0.1) is 11.3 Å². The molecule has 0 saturated carbocycles.